The minimum absolute atomic E-state index is 0.206. The van der Waals surface area contributed by atoms with Crippen LogP contribution in [-0.4, -0.2) is 10.1 Å². The first-order valence-electron chi connectivity index (χ1n) is 1.95. The normalized spacial score (nSPS) is 13.6. The van der Waals surface area contributed by atoms with Crippen molar-refractivity contribution in [3.8, 4) is 0 Å². The average molecular weight is 185 g/mol. The molecule has 0 rings (SSSR count). The molecule has 42 valence electrons. The Labute approximate surface area is 56.2 Å². The van der Waals surface area contributed by atoms with Gasteiger partial charge < -0.3 is 0 Å². The molecule has 0 heterocycles. The van der Waals surface area contributed by atoms with Gasteiger partial charge in [-0.15, -0.1) is 0 Å². The van der Waals surface area contributed by atoms with Gasteiger partial charge in [0.25, 0.3) is 0 Å². The molecule has 0 N–H and O–H groups in total. The summed E-state index contributed by atoms with van der Waals surface area (Å²) in [6.07, 6.45) is 0.404. The van der Waals surface area contributed by atoms with E-state index in [1.165, 1.54) is 0 Å². The smallest absolute Gasteiger partial charge is 0.222 e. The Kier molecular flexibility index (Phi) is 3.66. The van der Waals surface area contributed by atoms with Crippen LogP contribution in [0.1, 0.15) is 13.3 Å². The quantitative estimate of drug-likeness (QED) is 0.475. The molecule has 0 aliphatic rings. The third-order valence-electron chi connectivity index (χ3n) is 0.442. The zero-order valence-corrected chi connectivity index (χ0v) is 6.29. The molecule has 1 atom stereocenters. The SMILES string of the molecule is CC(Br)CC(=O)Cl. The molecule has 0 radical (unpaired) electrons. The Bertz CT molecular complexity index is 72.1. The van der Waals surface area contributed by atoms with Gasteiger partial charge in [0.05, 0.1) is 0 Å². The van der Waals surface area contributed by atoms with Gasteiger partial charge in [-0.25, -0.2) is 0 Å². The van der Waals surface area contributed by atoms with Crippen LogP contribution in [0.15, 0.2) is 0 Å². The van der Waals surface area contributed by atoms with Crippen LogP contribution in [0.4, 0.5) is 0 Å². The van der Waals surface area contributed by atoms with Crippen molar-refractivity contribution in [1.82, 2.24) is 0 Å². The number of alkyl halides is 1. The molecule has 0 amide bonds. The van der Waals surface area contributed by atoms with E-state index in [9.17, 15) is 4.79 Å². The van der Waals surface area contributed by atoms with Gasteiger partial charge in [0.1, 0.15) is 0 Å². The van der Waals surface area contributed by atoms with Gasteiger partial charge in [-0.05, 0) is 11.6 Å². The molecule has 0 aliphatic heterocycles. The van der Waals surface area contributed by atoms with E-state index in [2.05, 4.69) is 15.9 Å². The van der Waals surface area contributed by atoms with Gasteiger partial charge in [0.15, 0.2) is 0 Å². The van der Waals surface area contributed by atoms with Crippen molar-refractivity contribution in [2.75, 3.05) is 0 Å². The van der Waals surface area contributed by atoms with Crippen molar-refractivity contribution in [2.24, 2.45) is 0 Å². The first-order valence-corrected chi connectivity index (χ1v) is 3.24. The molecule has 0 fully saturated rings. The van der Waals surface area contributed by atoms with Crippen LogP contribution >= 0.6 is 27.5 Å². The molecule has 0 aromatic carbocycles. The topological polar surface area (TPSA) is 17.1 Å². The second kappa shape index (κ2) is 3.44. The predicted octanol–water partition coefficient (Wildman–Crippen LogP) is 1.93. The van der Waals surface area contributed by atoms with Crippen LogP contribution < -0.4 is 0 Å². The lowest BCUT2D eigenvalue weighted by molar-refractivity contribution is -0.111. The molecule has 3 heteroatoms. The maximum Gasteiger partial charge on any atom is 0.222 e. The molecule has 0 aromatic heterocycles. The summed E-state index contributed by atoms with van der Waals surface area (Å²) in [4.78, 5) is 10.2. The molecular formula is C4H6BrClO. The molecule has 1 nitrogen and oxygen atoms in total. The van der Waals surface area contributed by atoms with Gasteiger partial charge in [0, 0.05) is 11.2 Å². The highest BCUT2D eigenvalue weighted by Gasteiger charge is 1.99. The molecule has 0 saturated carbocycles. The zero-order chi connectivity index (χ0) is 5.86. The van der Waals surface area contributed by atoms with Crippen LogP contribution in [0.2, 0.25) is 0 Å². The number of hydrogen-bond donors (Lipinski definition) is 0. The van der Waals surface area contributed by atoms with E-state index in [1.54, 1.807) is 0 Å². The number of carbonyl (C=O) groups excluding carboxylic acids is 1. The minimum atomic E-state index is -0.288. The fraction of sp³-hybridized carbons (Fsp3) is 0.750. The van der Waals surface area contributed by atoms with E-state index < -0.39 is 0 Å². The fourth-order valence-corrected chi connectivity index (χ4v) is 0.933. The van der Waals surface area contributed by atoms with E-state index >= 15 is 0 Å². The molecule has 0 spiro atoms. The van der Waals surface area contributed by atoms with Crippen molar-refractivity contribution in [3.63, 3.8) is 0 Å². The van der Waals surface area contributed by atoms with E-state index in [4.69, 9.17) is 11.6 Å². The van der Waals surface area contributed by atoms with E-state index in [0.717, 1.165) is 0 Å². The van der Waals surface area contributed by atoms with Crippen LogP contribution in [0.3, 0.4) is 0 Å². The Morgan fingerprint density at radius 1 is 2.00 bits per heavy atom. The molecule has 0 bridgehead atoms. The summed E-state index contributed by atoms with van der Waals surface area (Å²) in [6.45, 7) is 1.88. The molecule has 0 saturated heterocycles. The van der Waals surface area contributed by atoms with E-state index in [0.29, 0.717) is 6.42 Å². The van der Waals surface area contributed by atoms with Crippen molar-refractivity contribution < 1.29 is 4.79 Å². The van der Waals surface area contributed by atoms with Gasteiger partial charge in [-0.3, -0.25) is 4.79 Å². The summed E-state index contributed by atoms with van der Waals surface area (Å²) in [6, 6.07) is 0. The summed E-state index contributed by atoms with van der Waals surface area (Å²) in [7, 11) is 0. The third-order valence-corrected chi connectivity index (χ3v) is 0.920. The first-order chi connectivity index (χ1) is 3.13. The maximum absolute atomic E-state index is 9.99. The number of halogens is 2. The third kappa shape index (κ3) is 6.44. The van der Waals surface area contributed by atoms with Gasteiger partial charge in [0.2, 0.25) is 5.24 Å². The molecule has 0 aromatic rings. The Balaban J connectivity index is 3.13. The van der Waals surface area contributed by atoms with Crippen LogP contribution in [0, 0.1) is 0 Å². The van der Waals surface area contributed by atoms with Crippen LogP contribution in [0.25, 0.3) is 0 Å². The summed E-state index contributed by atoms with van der Waals surface area (Å²) >= 11 is 8.17. The first kappa shape index (κ1) is 7.44. The van der Waals surface area contributed by atoms with Gasteiger partial charge >= 0.3 is 0 Å². The highest BCUT2D eigenvalue weighted by atomic mass is 79.9. The lowest BCUT2D eigenvalue weighted by atomic mass is 10.4. The fourth-order valence-electron chi connectivity index (χ4n) is 0.221. The Hall–Kier alpha value is 0.440. The largest absolute Gasteiger partial charge is 0.281 e. The second-order valence-corrected chi connectivity index (χ2v) is 3.32. The standard InChI is InChI=1S/C4H6BrClO/c1-3(5)2-4(6)7/h3H,2H2,1H3. The summed E-state index contributed by atoms with van der Waals surface area (Å²) in [5.74, 6) is 0. The number of rotatable bonds is 2. The van der Waals surface area contributed by atoms with E-state index in [-0.39, 0.29) is 10.1 Å². The Morgan fingerprint density at radius 3 is 2.43 bits per heavy atom. The van der Waals surface area contributed by atoms with Crippen molar-refractivity contribution in [3.05, 3.63) is 0 Å². The molecule has 7 heavy (non-hydrogen) atoms. The van der Waals surface area contributed by atoms with Crippen molar-refractivity contribution in [2.45, 2.75) is 18.2 Å². The lowest BCUT2D eigenvalue weighted by Crippen LogP contribution is -1.95. The molecule has 1 unspecified atom stereocenters. The lowest BCUT2D eigenvalue weighted by Gasteiger charge is -1.91. The summed E-state index contributed by atoms with van der Waals surface area (Å²) < 4.78 is 0. The maximum atomic E-state index is 9.99. The summed E-state index contributed by atoms with van der Waals surface area (Å²) in [5, 5.41) is -0.288. The summed E-state index contributed by atoms with van der Waals surface area (Å²) in [5.41, 5.74) is 0. The van der Waals surface area contributed by atoms with E-state index in [1.807, 2.05) is 6.92 Å². The second-order valence-electron chi connectivity index (χ2n) is 1.34. The highest BCUT2D eigenvalue weighted by molar-refractivity contribution is 9.09. The highest BCUT2D eigenvalue weighted by Crippen LogP contribution is 2.04. The van der Waals surface area contributed by atoms with Crippen molar-refractivity contribution >= 4 is 32.8 Å². The zero-order valence-electron chi connectivity index (χ0n) is 3.95. The molecular weight excluding hydrogens is 179 g/mol. The Morgan fingerprint density at radius 2 is 2.43 bits per heavy atom. The van der Waals surface area contributed by atoms with Gasteiger partial charge in [-0.2, -0.15) is 0 Å². The number of hydrogen-bond acceptors (Lipinski definition) is 1. The average Bonchev–Trinajstić information content (AvgIpc) is 1.27. The van der Waals surface area contributed by atoms with Crippen LogP contribution in [-0.2, 0) is 4.79 Å². The van der Waals surface area contributed by atoms with Gasteiger partial charge in [-0.1, -0.05) is 22.9 Å². The van der Waals surface area contributed by atoms with Crippen molar-refractivity contribution in [1.29, 1.82) is 0 Å². The number of carbonyl (C=O) groups is 1. The molecule has 0 aliphatic carbocycles. The minimum Gasteiger partial charge on any atom is -0.281 e. The predicted molar refractivity (Wildman–Crippen MR) is 33.9 cm³/mol. The monoisotopic (exact) mass is 184 g/mol. The van der Waals surface area contributed by atoms with Crippen LogP contribution in [0.5, 0.6) is 0 Å².